The van der Waals surface area contributed by atoms with Crippen LogP contribution in [0.1, 0.15) is 22.4 Å². The molecule has 0 atom stereocenters. The summed E-state index contributed by atoms with van der Waals surface area (Å²) >= 11 is 3.09. The van der Waals surface area contributed by atoms with Gasteiger partial charge in [0.1, 0.15) is 16.2 Å². The Kier molecular flexibility index (Phi) is 5.37. The third-order valence-corrected chi connectivity index (χ3v) is 6.99. The zero-order valence-electron chi connectivity index (χ0n) is 15.9. The third-order valence-electron chi connectivity index (χ3n) is 4.80. The van der Waals surface area contributed by atoms with E-state index in [2.05, 4.69) is 15.3 Å². The maximum absolute atomic E-state index is 12.5. The van der Waals surface area contributed by atoms with Crippen LogP contribution in [0.25, 0.3) is 10.2 Å². The average molecular weight is 431 g/mol. The number of fused-ring (bicyclic) bond motifs is 3. The summed E-state index contributed by atoms with van der Waals surface area (Å²) in [5, 5.41) is 15.8. The second kappa shape index (κ2) is 7.96. The molecule has 0 aliphatic heterocycles. The van der Waals surface area contributed by atoms with Gasteiger partial charge in [0.25, 0.3) is 0 Å². The molecular weight excluding hydrogens is 412 g/mol. The lowest BCUT2D eigenvalue weighted by Crippen LogP contribution is -2.15. The van der Waals surface area contributed by atoms with Gasteiger partial charge in [-0.1, -0.05) is 11.8 Å². The number of aryl methyl sites for hydroxylation is 3. The summed E-state index contributed by atoms with van der Waals surface area (Å²) in [5.74, 6) is 0.0673. The maximum Gasteiger partial charge on any atom is 0.311 e. The fourth-order valence-corrected chi connectivity index (χ4v) is 5.56. The van der Waals surface area contributed by atoms with Crippen molar-refractivity contribution in [2.24, 2.45) is 0 Å². The van der Waals surface area contributed by atoms with Gasteiger partial charge in [-0.05, 0) is 37.3 Å². The van der Waals surface area contributed by atoms with Crippen molar-refractivity contribution in [2.45, 2.75) is 31.2 Å². The number of anilines is 1. The molecule has 1 N–H and O–H groups in total. The fourth-order valence-electron chi connectivity index (χ4n) is 3.44. The molecule has 1 amide bonds. The number of nitrogens with one attached hydrogen (secondary N) is 1. The Hall–Kier alpha value is -2.72. The molecule has 3 aromatic rings. The molecule has 0 radical (unpaired) electrons. The van der Waals surface area contributed by atoms with Gasteiger partial charge in [0.05, 0.1) is 17.8 Å². The van der Waals surface area contributed by atoms with E-state index in [0.717, 1.165) is 34.5 Å². The van der Waals surface area contributed by atoms with E-state index in [1.54, 1.807) is 24.6 Å². The fraction of sp³-hybridized carbons (Fsp3) is 0.316. The van der Waals surface area contributed by atoms with Gasteiger partial charge in [-0.3, -0.25) is 14.9 Å². The SMILES string of the molecule is COc1cc(NC(=O)CSc2ncnc3sc4c(c23)CCC4)c(C)cc1[N+](=O)[O-]. The molecule has 0 unspecified atom stereocenters. The number of aromatic nitrogens is 2. The molecule has 29 heavy (non-hydrogen) atoms. The molecule has 0 bridgehead atoms. The first-order chi connectivity index (χ1) is 14.0. The lowest BCUT2D eigenvalue weighted by molar-refractivity contribution is -0.385. The predicted molar refractivity (Wildman–Crippen MR) is 113 cm³/mol. The number of nitro groups is 1. The zero-order valence-corrected chi connectivity index (χ0v) is 17.5. The Balaban J connectivity index is 1.50. The van der Waals surface area contributed by atoms with Crippen LogP contribution in [0.4, 0.5) is 11.4 Å². The minimum atomic E-state index is -0.507. The number of methoxy groups -OCH3 is 1. The van der Waals surface area contributed by atoms with Crippen LogP contribution >= 0.6 is 23.1 Å². The first-order valence-electron chi connectivity index (χ1n) is 8.99. The first-order valence-corrected chi connectivity index (χ1v) is 10.8. The number of carbonyl (C=O) groups excluding carboxylic acids is 1. The average Bonchev–Trinajstić information content (AvgIpc) is 3.28. The van der Waals surface area contributed by atoms with Gasteiger partial charge < -0.3 is 10.1 Å². The van der Waals surface area contributed by atoms with Crippen molar-refractivity contribution in [3.8, 4) is 5.75 Å². The predicted octanol–water partition coefficient (Wildman–Crippen LogP) is 4.14. The van der Waals surface area contributed by atoms with Crippen LogP contribution in [-0.4, -0.2) is 33.7 Å². The van der Waals surface area contributed by atoms with Gasteiger partial charge >= 0.3 is 5.69 Å². The number of nitrogens with zero attached hydrogens (tertiary/aromatic N) is 3. The standard InChI is InChI=1S/C19H18N4O4S2/c1-10-6-13(23(25)26)14(27-2)7-12(10)22-16(24)8-28-18-17-11-4-3-5-15(11)29-19(17)21-9-20-18/h6-7,9H,3-5,8H2,1-2H3,(H,22,24). The number of amides is 1. The molecule has 4 rings (SSSR count). The van der Waals surface area contributed by atoms with E-state index < -0.39 is 4.92 Å². The Morgan fingerprint density at radius 1 is 1.38 bits per heavy atom. The van der Waals surface area contributed by atoms with Gasteiger partial charge in [0, 0.05) is 28.1 Å². The quantitative estimate of drug-likeness (QED) is 0.271. The van der Waals surface area contributed by atoms with Crippen molar-refractivity contribution < 1.29 is 14.5 Å². The highest BCUT2D eigenvalue weighted by molar-refractivity contribution is 8.00. The van der Waals surface area contributed by atoms with Crippen molar-refractivity contribution in [3.63, 3.8) is 0 Å². The first kappa shape index (κ1) is 19.6. The third kappa shape index (κ3) is 3.77. The van der Waals surface area contributed by atoms with Crippen LogP contribution in [0.2, 0.25) is 0 Å². The summed E-state index contributed by atoms with van der Waals surface area (Å²) in [6.45, 7) is 1.71. The molecule has 1 aromatic carbocycles. The molecule has 1 aliphatic carbocycles. The molecule has 1 aliphatic rings. The lowest BCUT2D eigenvalue weighted by atomic mass is 10.1. The van der Waals surface area contributed by atoms with Crippen LogP contribution in [0.5, 0.6) is 5.75 Å². The largest absolute Gasteiger partial charge is 0.490 e. The molecule has 8 nitrogen and oxygen atoms in total. The van der Waals surface area contributed by atoms with Crippen molar-refractivity contribution >= 4 is 50.6 Å². The minimum absolute atomic E-state index is 0.106. The molecule has 0 saturated carbocycles. The zero-order chi connectivity index (χ0) is 20.5. The number of hydrogen-bond acceptors (Lipinski definition) is 8. The summed E-state index contributed by atoms with van der Waals surface area (Å²) < 4.78 is 5.08. The van der Waals surface area contributed by atoms with E-state index >= 15 is 0 Å². The molecule has 0 spiro atoms. The second-order valence-electron chi connectivity index (χ2n) is 6.65. The van der Waals surface area contributed by atoms with Crippen molar-refractivity contribution in [1.82, 2.24) is 9.97 Å². The van der Waals surface area contributed by atoms with Gasteiger partial charge in [-0.15, -0.1) is 11.3 Å². The Morgan fingerprint density at radius 2 is 2.21 bits per heavy atom. The van der Waals surface area contributed by atoms with Crippen LogP contribution < -0.4 is 10.1 Å². The molecule has 10 heteroatoms. The topological polar surface area (TPSA) is 107 Å². The van der Waals surface area contributed by atoms with Crippen LogP contribution in [-0.2, 0) is 17.6 Å². The van der Waals surface area contributed by atoms with E-state index in [1.165, 1.54) is 41.4 Å². The van der Waals surface area contributed by atoms with Gasteiger partial charge in [-0.25, -0.2) is 9.97 Å². The van der Waals surface area contributed by atoms with E-state index in [9.17, 15) is 14.9 Å². The van der Waals surface area contributed by atoms with Gasteiger partial charge in [0.2, 0.25) is 5.91 Å². The normalized spacial score (nSPS) is 12.8. The highest BCUT2D eigenvalue weighted by atomic mass is 32.2. The van der Waals surface area contributed by atoms with Gasteiger partial charge in [-0.2, -0.15) is 0 Å². The number of thioether (sulfide) groups is 1. The van der Waals surface area contributed by atoms with E-state index in [1.807, 2.05) is 0 Å². The lowest BCUT2D eigenvalue weighted by Gasteiger charge is -2.11. The molecule has 2 aromatic heterocycles. The number of rotatable bonds is 6. The summed E-state index contributed by atoms with van der Waals surface area (Å²) in [6.07, 6.45) is 4.81. The number of hydrogen-bond donors (Lipinski definition) is 1. The number of ether oxygens (including phenoxy) is 1. The second-order valence-corrected chi connectivity index (χ2v) is 8.70. The highest BCUT2D eigenvalue weighted by Gasteiger charge is 2.22. The molecular formula is C19H18N4O4S2. The monoisotopic (exact) mass is 430 g/mol. The molecule has 2 heterocycles. The minimum Gasteiger partial charge on any atom is -0.490 e. The highest BCUT2D eigenvalue weighted by Crippen LogP contribution is 2.40. The van der Waals surface area contributed by atoms with Crippen molar-refractivity contribution in [3.05, 3.63) is 44.6 Å². The molecule has 0 saturated heterocycles. The van der Waals surface area contributed by atoms with Crippen LogP contribution in [0, 0.1) is 17.0 Å². The van der Waals surface area contributed by atoms with Crippen LogP contribution in [0.15, 0.2) is 23.5 Å². The Morgan fingerprint density at radius 3 is 2.97 bits per heavy atom. The van der Waals surface area contributed by atoms with Gasteiger partial charge in [0.15, 0.2) is 5.75 Å². The number of thiophene rings is 1. The number of benzene rings is 1. The molecule has 150 valence electrons. The summed E-state index contributed by atoms with van der Waals surface area (Å²) in [5.41, 5.74) is 2.27. The van der Waals surface area contributed by atoms with E-state index in [-0.39, 0.29) is 23.1 Å². The Labute approximate surface area is 174 Å². The number of carbonyl (C=O) groups is 1. The maximum atomic E-state index is 12.5. The van der Waals surface area contributed by atoms with Crippen LogP contribution in [0.3, 0.4) is 0 Å². The smallest absolute Gasteiger partial charge is 0.311 e. The van der Waals surface area contributed by atoms with E-state index in [0.29, 0.717) is 11.3 Å². The summed E-state index contributed by atoms with van der Waals surface area (Å²) in [6, 6.07) is 2.87. The number of nitro benzene ring substituents is 1. The molecule has 0 fully saturated rings. The van der Waals surface area contributed by atoms with E-state index in [4.69, 9.17) is 4.74 Å². The van der Waals surface area contributed by atoms with Crippen molar-refractivity contribution in [1.29, 1.82) is 0 Å². The summed E-state index contributed by atoms with van der Waals surface area (Å²) in [7, 11) is 1.36. The van der Waals surface area contributed by atoms with Crippen molar-refractivity contribution in [2.75, 3.05) is 18.2 Å². The Bertz CT molecular complexity index is 1130. The summed E-state index contributed by atoms with van der Waals surface area (Å²) in [4.78, 5) is 34.2.